The number of hydrazone groups is 1. The van der Waals surface area contributed by atoms with Crippen LogP contribution in [0.3, 0.4) is 0 Å². The molecule has 0 saturated carbocycles. The van der Waals surface area contributed by atoms with Crippen LogP contribution in [-0.4, -0.2) is 34.3 Å². The van der Waals surface area contributed by atoms with Crippen molar-refractivity contribution in [3.05, 3.63) is 70.1 Å². The van der Waals surface area contributed by atoms with Gasteiger partial charge in [0.2, 0.25) is 5.91 Å². The Labute approximate surface area is 202 Å². The molecule has 178 valence electrons. The van der Waals surface area contributed by atoms with Gasteiger partial charge in [-0.2, -0.15) is 5.10 Å². The van der Waals surface area contributed by atoms with Crippen LogP contribution in [0.25, 0.3) is 6.08 Å². The first-order valence-electron chi connectivity index (χ1n) is 10.9. The molecule has 0 spiro atoms. The highest BCUT2D eigenvalue weighted by atomic mass is 32.2. The summed E-state index contributed by atoms with van der Waals surface area (Å²) in [7, 11) is 0. The van der Waals surface area contributed by atoms with Crippen LogP contribution >= 0.6 is 11.8 Å². The third-order valence-corrected chi connectivity index (χ3v) is 6.21. The number of unbranched alkanes of at least 4 members (excludes halogenated alkanes) is 1. The molecule has 1 aliphatic heterocycles. The first kappa shape index (κ1) is 25.0. The number of nitrogens with zero attached hydrogens (tertiary/aromatic N) is 2. The lowest BCUT2D eigenvalue weighted by Crippen LogP contribution is -2.32. The second-order valence-electron chi connectivity index (χ2n) is 7.63. The lowest BCUT2D eigenvalue weighted by molar-refractivity contribution is -0.122. The van der Waals surface area contributed by atoms with Gasteiger partial charge in [0.25, 0.3) is 11.1 Å². The lowest BCUT2D eigenvalue weighted by atomic mass is 10.1. The molecule has 0 aromatic heterocycles. The van der Waals surface area contributed by atoms with E-state index in [1.54, 1.807) is 30.3 Å². The van der Waals surface area contributed by atoms with Crippen LogP contribution in [0.15, 0.2) is 58.5 Å². The third kappa shape index (κ3) is 6.46. The Kier molecular flexibility index (Phi) is 8.83. The second kappa shape index (κ2) is 12.0. The highest BCUT2D eigenvalue weighted by molar-refractivity contribution is 8.18. The maximum Gasteiger partial charge on any atom is 0.293 e. The molecule has 0 aliphatic carbocycles. The number of carbonyl (C=O) groups is 3. The summed E-state index contributed by atoms with van der Waals surface area (Å²) in [5.74, 6) is 10.5. The molecule has 0 radical (unpaired) electrons. The van der Waals surface area contributed by atoms with E-state index in [1.165, 1.54) is 10.5 Å². The number of anilines is 1. The standard InChI is InChI=1S/C24H28N6O3S/c1-2-16-6-8-17(9-7-16)15-20-23(32)30(24(33)34-20)14-4-3-5-21(31)27-19-12-10-18(11-13-19)22(28-25)29-26/h6-13,15H,2-5,14,25-26H2,1H3,(H,27,31)(H,28,29)/b20-15-. The minimum atomic E-state index is -0.286. The summed E-state index contributed by atoms with van der Waals surface area (Å²) in [6.07, 6.45) is 4.05. The normalized spacial score (nSPS) is 15.2. The first-order valence-corrected chi connectivity index (χ1v) is 11.8. The monoisotopic (exact) mass is 480 g/mol. The Balaban J connectivity index is 1.45. The largest absolute Gasteiger partial charge is 0.326 e. The molecular weight excluding hydrogens is 452 g/mol. The smallest absolute Gasteiger partial charge is 0.293 e. The van der Waals surface area contributed by atoms with Crippen LogP contribution in [0.1, 0.15) is 42.9 Å². The van der Waals surface area contributed by atoms with Gasteiger partial charge in [-0.1, -0.05) is 31.2 Å². The van der Waals surface area contributed by atoms with Gasteiger partial charge in [-0.3, -0.25) is 19.3 Å². The number of thioether (sulfide) groups is 1. The molecular formula is C24H28N6O3S. The van der Waals surface area contributed by atoms with Crippen molar-refractivity contribution in [2.75, 3.05) is 11.9 Å². The van der Waals surface area contributed by atoms with Crippen LogP contribution < -0.4 is 22.4 Å². The average Bonchev–Trinajstić information content (AvgIpc) is 3.11. The molecule has 34 heavy (non-hydrogen) atoms. The van der Waals surface area contributed by atoms with Crippen LogP contribution in [0, 0.1) is 0 Å². The lowest BCUT2D eigenvalue weighted by Gasteiger charge is -2.12. The summed E-state index contributed by atoms with van der Waals surface area (Å²) in [5.41, 5.74) is 5.81. The van der Waals surface area contributed by atoms with E-state index >= 15 is 0 Å². The molecule has 3 amide bonds. The van der Waals surface area contributed by atoms with Crippen LogP contribution in [0.4, 0.5) is 10.5 Å². The van der Waals surface area contributed by atoms with E-state index in [1.807, 2.05) is 24.3 Å². The van der Waals surface area contributed by atoms with Crippen molar-refractivity contribution < 1.29 is 14.4 Å². The number of amidine groups is 1. The zero-order valence-corrected chi connectivity index (χ0v) is 19.7. The van der Waals surface area contributed by atoms with Crippen molar-refractivity contribution in [2.24, 2.45) is 16.8 Å². The Morgan fingerprint density at radius 2 is 1.79 bits per heavy atom. The van der Waals surface area contributed by atoms with E-state index in [9.17, 15) is 14.4 Å². The fourth-order valence-electron chi connectivity index (χ4n) is 3.38. The van der Waals surface area contributed by atoms with E-state index in [-0.39, 0.29) is 30.0 Å². The van der Waals surface area contributed by atoms with Crippen LogP contribution in [-0.2, 0) is 16.0 Å². The Bertz CT molecular complexity index is 1100. The second-order valence-corrected chi connectivity index (χ2v) is 8.63. The van der Waals surface area contributed by atoms with Gasteiger partial charge in [0.15, 0.2) is 5.84 Å². The molecule has 6 N–H and O–H groups in total. The fraction of sp³-hybridized carbons (Fsp3) is 0.250. The zero-order valence-electron chi connectivity index (χ0n) is 18.9. The van der Waals surface area contributed by atoms with Gasteiger partial charge >= 0.3 is 0 Å². The van der Waals surface area contributed by atoms with E-state index in [0.29, 0.717) is 34.8 Å². The van der Waals surface area contributed by atoms with Gasteiger partial charge in [-0.25, -0.2) is 5.84 Å². The molecule has 1 aliphatic rings. The van der Waals surface area contributed by atoms with E-state index < -0.39 is 0 Å². The number of hydrogen-bond donors (Lipinski definition) is 4. The van der Waals surface area contributed by atoms with E-state index in [2.05, 4.69) is 22.8 Å². The molecule has 1 heterocycles. The van der Waals surface area contributed by atoms with Crippen molar-refractivity contribution in [2.45, 2.75) is 32.6 Å². The number of amides is 3. The predicted molar refractivity (Wildman–Crippen MR) is 135 cm³/mol. The fourth-order valence-corrected chi connectivity index (χ4v) is 4.24. The van der Waals surface area contributed by atoms with Gasteiger partial charge < -0.3 is 16.6 Å². The summed E-state index contributed by atoms with van der Waals surface area (Å²) < 4.78 is 0. The molecule has 1 saturated heterocycles. The summed E-state index contributed by atoms with van der Waals surface area (Å²) in [5, 5.41) is 6.06. The minimum Gasteiger partial charge on any atom is -0.326 e. The molecule has 2 aromatic carbocycles. The molecule has 0 unspecified atom stereocenters. The number of nitrogens with one attached hydrogen (secondary N) is 2. The summed E-state index contributed by atoms with van der Waals surface area (Å²) in [6, 6.07) is 14.8. The SMILES string of the molecule is CCc1ccc(/C=C2\SC(=O)N(CCCCC(=O)Nc3ccc(/C(=N/N)NN)cc3)C2=O)cc1. The van der Waals surface area contributed by atoms with Crippen molar-refractivity contribution in [3.63, 3.8) is 0 Å². The number of hydrazine groups is 1. The highest BCUT2D eigenvalue weighted by Gasteiger charge is 2.34. The zero-order chi connectivity index (χ0) is 24.5. The molecule has 10 heteroatoms. The molecule has 1 fully saturated rings. The molecule has 0 atom stereocenters. The van der Waals surface area contributed by atoms with Gasteiger partial charge in [-0.15, -0.1) is 0 Å². The number of imide groups is 1. The van der Waals surface area contributed by atoms with Crippen molar-refractivity contribution >= 4 is 46.4 Å². The summed E-state index contributed by atoms with van der Waals surface area (Å²) in [6.45, 7) is 2.36. The summed E-state index contributed by atoms with van der Waals surface area (Å²) in [4.78, 5) is 38.8. The molecule has 0 bridgehead atoms. The van der Waals surface area contributed by atoms with Crippen LogP contribution in [0.5, 0.6) is 0 Å². The van der Waals surface area contributed by atoms with Gasteiger partial charge in [0, 0.05) is 24.2 Å². The van der Waals surface area contributed by atoms with Crippen LogP contribution in [0.2, 0.25) is 0 Å². The maximum absolute atomic E-state index is 12.6. The first-order chi connectivity index (χ1) is 16.4. The molecule has 3 rings (SSSR count). The third-order valence-electron chi connectivity index (χ3n) is 5.30. The molecule has 9 nitrogen and oxygen atoms in total. The van der Waals surface area contributed by atoms with Gasteiger partial charge in [-0.05, 0) is 72.5 Å². The number of nitrogens with two attached hydrogens (primary N) is 2. The highest BCUT2D eigenvalue weighted by Crippen LogP contribution is 2.32. The quantitative estimate of drug-likeness (QED) is 0.108. The van der Waals surface area contributed by atoms with Crippen molar-refractivity contribution in [3.8, 4) is 0 Å². The average molecular weight is 481 g/mol. The Hall–Kier alpha value is -3.63. The number of aryl methyl sites for hydroxylation is 1. The Morgan fingerprint density at radius 3 is 2.41 bits per heavy atom. The topological polar surface area (TPSA) is 143 Å². The summed E-state index contributed by atoms with van der Waals surface area (Å²) >= 11 is 0.950. The number of benzene rings is 2. The molecule has 2 aromatic rings. The van der Waals surface area contributed by atoms with Crippen molar-refractivity contribution in [1.29, 1.82) is 0 Å². The number of hydrogen-bond acceptors (Lipinski definition) is 7. The Morgan fingerprint density at radius 1 is 1.09 bits per heavy atom. The van der Waals surface area contributed by atoms with Gasteiger partial charge in [0.05, 0.1) is 4.91 Å². The minimum absolute atomic E-state index is 0.151. The number of rotatable bonds is 9. The van der Waals surface area contributed by atoms with E-state index in [4.69, 9.17) is 11.7 Å². The predicted octanol–water partition coefficient (Wildman–Crippen LogP) is 3.18. The van der Waals surface area contributed by atoms with Crippen molar-refractivity contribution in [1.82, 2.24) is 10.3 Å². The van der Waals surface area contributed by atoms with E-state index in [0.717, 1.165) is 23.7 Å². The van der Waals surface area contributed by atoms with Gasteiger partial charge in [0.1, 0.15) is 0 Å². The number of carbonyl (C=O) groups excluding carboxylic acids is 3. The maximum atomic E-state index is 12.6.